The minimum absolute atomic E-state index is 0.582. The van der Waals surface area contributed by atoms with Crippen molar-refractivity contribution in [2.45, 2.75) is 45.9 Å². The van der Waals surface area contributed by atoms with Crippen LogP contribution >= 0.6 is 0 Å². The van der Waals surface area contributed by atoms with E-state index in [1.165, 1.54) is 16.5 Å². The van der Waals surface area contributed by atoms with Gasteiger partial charge in [-0.3, -0.25) is 4.90 Å². The second-order valence-electron chi connectivity index (χ2n) is 6.12. The van der Waals surface area contributed by atoms with E-state index in [0.717, 1.165) is 26.2 Å². The first-order valence-electron chi connectivity index (χ1n) is 7.72. The van der Waals surface area contributed by atoms with Crippen LogP contribution in [0.15, 0.2) is 30.5 Å². The number of nitrogens with one attached hydrogen (secondary N) is 1. The Kier molecular flexibility index (Phi) is 3.81. The van der Waals surface area contributed by atoms with Crippen molar-refractivity contribution in [3.8, 4) is 0 Å². The zero-order valence-corrected chi connectivity index (χ0v) is 12.8. The van der Waals surface area contributed by atoms with Crippen molar-refractivity contribution in [2.75, 3.05) is 13.1 Å². The Balaban J connectivity index is 1.87. The molecule has 1 fully saturated rings. The molecule has 2 heterocycles. The average molecular weight is 271 g/mol. The molecular formula is C17H25N3. The quantitative estimate of drug-likeness (QED) is 0.926. The normalized spacial score (nSPS) is 24.4. The van der Waals surface area contributed by atoms with E-state index in [-0.39, 0.29) is 0 Å². The molecule has 1 N–H and O–H groups in total. The number of nitrogens with zero attached hydrogens (tertiary/aromatic N) is 2. The van der Waals surface area contributed by atoms with Gasteiger partial charge < -0.3 is 9.88 Å². The van der Waals surface area contributed by atoms with Gasteiger partial charge in [-0.05, 0) is 32.4 Å². The summed E-state index contributed by atoms with van der Waals surface area (Å²) >= 11 is 0. The van der Waals surface area contributed by atoms with Crippen LogP contribution < -0.4 is 5.32 Å². The van der Waals surface area contributed by atoms with Crippen molar-refractivity contribution in [2.24, 2.45) is 0 Å². The molecular weight excluding hydrogens is 246 g/mol. The SMILES string of the molecule is CCn1cc(CN2CC(C)NC(C)C2)c2ccccc21. The molecule has 1 saturated heterocycles. The molecule has 0 saturated carbocycles. The van der Waals surface area contributed by atoms with Gasteiger partial charge in [0.15, 0.2) is 0 Å². The third kappa shape index (κ3) is 2.60. The largest absolute Gasteiger partial charge is 0.347 e. The van der Waals surface area contributed by atoms with Crippen LogP contribution in [-0.2, 0) is 13.1 Å². The molecule has 2 aromatic rings. The first kappa shape index (κ1) is 13.7. The minimum Gasteiger partial charge on any atom is -0.347 e. The Bertz CT molecular complexity index is 577. The highest BCUT2D eigenvalue weighted by Crippen LogP contribution is 2.23. The fourth-order valence-corrected chi connectivity index (χ4v) is 3.52. The van der Waals surface area contributed by atoms with E-state index < -0.39 is 0 Å². The monoisotopic (exact) mass is 271 g/mol. The fourth-order valence-electron chi connectivity index (χ4n) is 3.52. The number of hydrogen-bond acceptors (Lipinski definition) is 2. The highest BCUT2D eigenvalue weighted by atomic mass is 15.2. The molecule has 0 bridgehead atoms. The summed E-state index contributed by atoms with van der Waals surface area (Å²) in [7, 11) is 0. The number of hydrogen-bond donors (Lipinski definition) is 1. The fraction of sp³-hybridized carbons (Fsp3) is 0.529. The van der Waals surface area contributed by atoms with E-state index in [2.05, 4.69) is 66.0 Å². The molecule has 20 heavy (non-hydrogen) atoms. The minimum atomic E-state index is 0.582. The van der Waals surface area contributed by atoms with Crippen LogP contribution in [0.25, 0.3) is 10.9 Å². The van der Waals surface area contributed by atoms with E-state index in [1.54, 1.807) is 0 Å². The van der Waals surface area contributed by atoms with Crippen LogP contribution in [0, 0.1) is 0 Å². The first-order chi connectivity index (χ1) is 9.67. The van der Waals surface area contributed by atoms with Crippen LogP contribution in [0.3, 0.4) is 0 Å². The smallest absolute Gasteiger partial charge is 0.0483 e. The van der Waals surface area contributed by atoms with Crippen molar-refractivity contribution in [1.29, 1.82) is 0 Å². The summed E-state index contributed by atoms with van der Waals surface area (Å²) in [6, 6.07) is 9.93. The van der Waals surface area contributed by atoms with Gasteiger partial charge in [-0.1, -0.05) is 18.2 Å². The molecule has 108 valence electrons. The molecule has 0 radical (unpaired) electrons. The van der Waals surface area contributed by atoms with E-state index in [9.17, 15) is 0 Å². The second-order valence-corrected chi connectivity index (χ2v) is 6.12. The van der Waals surface area contributed by atoms with Crippen LogP contribution in [0.2, 0.25) is 0 Å². The molecule has 1 aromatic carbocycles. The van der Waals surface area contributed by atoms with Gasteiger partial charge in [-0.2, -0.15) is 0 Å². The van der Waals surface area contributed by atoms with E-state index in [0.29, 0.717) is 12.1 Å². The molecule has 0 amide bonds. The zero-order chi connectivity index (χ0) is 14.1. The summed E-state index contributed by atoms with van der Waals surface area (Å²) < 4.78 is 2.36. The van der Waals surface area contributed by atoms with E-state index >= 15 is 0 Å². The predicted octanol–water partition coefficient (Wildman–Crippen LogP) is 2.84. The van der Waals surface area contributed by atoms with E-state index in [4.69, 9.17) is 0 Å². The molecule has 0 aliphatic carbocycles. The Hall–Kier alpha value is -1.32. The molecule has 1 aliphatic rings. The van der Waals surface area contributed by atoms with Gasteiger partial charge >= 0.3 is 0 Å². The Morgan fingerprint density at radius 2 is 1.85 bits per heavy atom. The van der Waals surface area contributed by atoms with Crippen molar-refractivity contribution < 1.29 is 0 Å². The van der Waals surface area contributed by atoms with Gasteiger partial charge in [-0.15, -0.1) is 0 Å². The first-order valence-corrected chi connectivity index (χ1v) is 7.72. The van der Waals surface area contributed by atoms with Gasteiger partial charge in [0.25, 0.3) is 0 Å². The molecule has 0 spiro atoms. The van der Waals surface area contributed by atoms with Gasteiger partial charge in [0.1, 0.15) is 0 Å². The standard InChI is InChI=1S/C17H25N3/c1-4-20-12-15(16-7-5-6-8-17(16)20)11-19-9-13(2)18-14(3)10-19/h5-8,12-14,18H,4,9-11H2,1-3H3. The van der Waals surface area contributed by atoms with Crippen molar-refractivity contribution >= 4 is 10.9 Å². The number of fused-ring (bicyclic) bond motifs is 1. The van der Waals surface area contributed by atoms with Crippen LogP contribution in [-0.4, -0.2) is 34.6 Å². The third-order valence-corrected chi connectivity index (χ3v) is 4.24. The lowest BCUT2D eigenvalue weighted by Gasteiger charge is -2.36. The molecule has 2 unspecified atom stereocenters. The summed E-state index contributed by atoms with van der Waals surface area (Å²) in [6.07, 6.45) is 2.34. The molecule has 3 nitrogen and oxygen atoms in total. The number of benzene rings is 1. The second kappa shape index (κ2) is 5.58. The maximum atomic E-state index is 3.60. The van der Waals surface area contributed by atoms with Gasteiger partial charge in [0, 0.05) is 55.4 Å². The maximum Gasteiger partial charge on any atom is 0.0483 e. The van der Waals surface area contributed by atoms with Crippen LogP contribution in [0.4, 0.5) is 0 Å². The lowest BCUT2D eigenvalue weighted by Crippen LogP contribution is -2.53. The molecule has 3 heteroatoms. The van der Waals surface area contributed by atoms with Crippen LogP contribution in [0.1, 0.15) is 26.3 Å². The third-order valence-electron chi connectivity index (χ3n) is 4.24. The van der Waals surface area contributed by atoms with Crippen molar-refractivity contribution in [3.63, 3.8) is 0 Å². The number of aryl methyl sites for hydroxylation is 1. The summed E-state index contributed by atoms with van der Waals surface area (Å²) in [5, 5.41) is 5.01. The summed E-state index contributed by atoms with van der Waals surface area (Å²) in [5.74, 6) is 0. The summed E-state index contributed by atoms with van der Waals surface area (Å²) in [4.78, 5) is 2.58. The summed E-state index contributed by atoms with van der Waals surface area (Å²) in [6.45, 7) is 11.1. The number of para-hydroxylation sites is 1. The van der Waals surface area contributed by atoms with Crippen molar-refractivity contribution in [3.05, 3.63) is 36.0 Å². The molecule has 1 aromatic heterocycles. The number of piperazine rings is 1. The van der Waals surface area contributed by atoms with Crippen molar-refractivity contribution in [1.82, 2.24) is 14.8 Å². The summed E-state index contributed by atoms with van der Waals surface area (Å²) in [5.41, 5.74) is 2.82. The molecule has 3 rings (SSSR count). The highest BCUT2D eigenvalue weighted by molar-refractivity contribution is 5.83. The van der Waals surface area contributed by atoms with Crippen LogP contribution in [0.5, 0.6) is 0 Å². The predicted molar refractivity (Wildman–Crippen MR) is 84.9 cm³/mol. The Labute approximate surface area is 121 Å². The number of rotatable bonds is 3. The molecule has 1 aliphatic heterocycles. The zero-order valence-electron chi connectivity index (χ0n) is 12.8. The Morgan fingerprint density at radius 1 is 1.15 bits per heavy atom. The number of aromatic nitrogens is 1. The maximum absolute atomic E-state index is 3.60. The topological polar surface area (TPSA) is 20.2 Å². The lowest BCUT2D eigenvalue weighted by atomic mass is 10.1. The van der Waals surface area contributed by atoms with Gasteiger partial charge in [-0.25, -0.2) is 0 Å². The van der Waals surface area contributed by atoms with E-state index in [1.807, 2.05) is 0 Å². The van der Waals surface area contributed by atoms with Gasteiger partial charge in [0.2, 0.25) is 0 Å². The average Bonchev–Trinajstić information content (AvgIpc) is 2.76. The Morgan fingerprint density at radius 3 is 2.55 bits per heavy atom. The highest BCUT2D eigenvalue weighted by Gasteiger charge is 2.21. The van der Waals surface area contributed by atoms with Gasteiger partial charge in [0.05, 0.1) is 0 Å². The lowest BCUT2D eigenvalue weighted by molar-refractivity contribution is 0.167. The molecule has 2 atom stereocenters.